The van der Waals surface area contributed by atoms with Crippen molar-refractivity contribution in [1.29, 1.82) is 0 Å². The highest BCUT2D eigenvalue weighted by Gasteiger charge is 2.38. The second-order valence-corrected chi connectivity index (χ2v) is 11.9. The summed E-state index contributed by atoms with van der Waals surface area (Å²) in [4.78, 5) is 0. The lowest BCUT2D eigenvalue weighted by molar-refractivity contribution is 0.153. The SMILES string of the molecule is CC[C@H]1CCC(C2CCC(CC[C@H]3CC[C@@H](C4CCC(C)CC4)C(F)=C3F)CC2)C(F)=C1F. The molecule has 0 radical (unpaired) electrons. The van der Waals surface area contributed by atoms with Gasteiger partial charge in [-0.1, -0.05) is 39.5 Å². The van der Waals surface area contributed by atoms with Crippen LogP contribution in [0.25, 0.3) is 0 Å². The molecule has 4 aliphatic carbocycles. The fraction of sp³-hybridized carbons (Fsp3) is 0.862. The molecule has 4 heteroatoms. The van der Waals surface area contributed by atoms with E-state index in [0.717, 1.165) is 95.8 Å². The summed E-state index contributed by atoms with van der Waals surface area (Å²) in [7, 11) is 0. The van der Waals surface area contributed by atoms with Gasteiger partial charge in [0.2, 0.25) is 0 Å². The molecule has 0 aliphatic heterocycles. The van der Waals surface area contributed by atoms with Crippen molar-refractivity contribution in [3.05, 3.63) is 23.3 Å². The zero-order chi connectivity index (χ0) is 23.5. The van der Waals surface area contributed by atoms with Crippen LogP contribution in [0.15, 0.2) is 23.3 Å². The van der Waals surface area contributed by atoms with Gasteiger partial charge in [-0.3, -0.25) is 0 Å². The lowest BCUT2D eigenvalue weighted by Crippen LogP contribution is -2.27. The van der Waals surface area contributed by atoms with Crippen LogP contribution in [0.3, 0.4) is 0 Å². The molecule has 2 fully saturated rings. The highest BCUT2D eigenvalue weighted by Crippen LogP contribution is 2.48. The number of rotatable bonds is 6. The highest BCUT2D eigenvalue weighted by atomic mass is 19.2. The van der Waals surface area contributed by atoms with Crippen molar-refractivity contribution in [2.75, 3.05) is 0 Å². The van der Waals surface area contributed by atoms with Crippen molar-refractivity contribution in [3.63, 3.8) is 0 Å². The minimum absolute atomic E-state index is 0.185. The second-order valence-electron chi connectivity index (χ2n) is 11.9. The zero-order valence-electron chi connectivity index (χ0n) is 20.7. The number of hydrogen-bond donors (Lipinski definition) is 0. The van der Waals surface area contributed by atoms with E-state index in [-0.39, 0.29) is 29.6 Å². The van der Waals surface area contributed by atoms with Gasteiger partial charge in [0.15, 0.2) is 0 Å². The van der Waals surface area contributed by atoms with Crippen LogP contribution >= 0.6 is 0 Å². The summed E-state index contributed by atoms with van der Waals surface area (Å²) in [6.45, 7) is 4.19. The van der Waals surface area contributed by atoms with Crippen molar-refractivity contribution >= 4 is 0 Å². The van der Waals surface area contributed by atoms with Gasteiger partial charge in [0, 0.05) is 23.7 Å². The van der Waals surface area contributed by atoms with Crippen LogP contribution in [-0.4, -0.2) is 0 Å². The van der Waals surface area contributed by atoms with Crippen molar-refractivity contribution < 1.29 is 17.6 Å². The molecule has 0 N–H and O–H groups in total. The third-order valence-corrected chi connectivity index (χ3v) is 9.98. The smallest absolute Gasteiger partial charge is 0.135 e. The average Bonchev–Trinajstić information content (AvgIpc) is 2.83. The van der Waals surface area contributed by atoms with E-state index >= 15 is 0 Å². The Morgan fingerprint density at radius 2 is 1.03 bits per heavy atom. The molecule has 0 aromatic heterocycles. The molecule has 188 valence electrons. The summed E-state index contributed by atoms with van der Waals surface area (Å²) >= 11 is 0. The minimum atomic E-state index is -0.487. The largest absolute Gasteiger partial charge is 0.209 e. The first kappa shape index (κ1) is 25.3. The van der Waals surface area contributed by atoms with Gasteiger partial charge in [0.25, 0.3) is 0 Å². The molecule has 0 nitrogen and oxygen atoms in total. The molecule has 4 aliphatic rings. The summed E-state index contributed by atoms with van der Waals surface area (Å²) < 4.78 is 58.9. The Morgan fingerprint density at radius 1 is 0.545 bits per heavy atom. The molecule has 0 heterocycles. The zero-order valence-corrected chi connectivity index (χ0v) is 20.7. The maximum atomic E-state index is 15.0. The summed E-state index contributed by atoms with van der Waals surface area (Å²) in [6, 6.07) is 0. The van der Waals surface area contributed by atoms with E-state index < -0.39 is 23.3 Å². The number of halogens is 4. The van der Waals surface area contributed by atoms with E-state index in [9.17, 15) is 17.6 Å². The summed E-state index contributed by atoms with van der Waals surface area (Å²) in [5.74, 6) is -0.921. The van der Waals surface area contributed by atoms with Gasteiger partial charge in [0.1, 0.15) is 23.3 Å². The number of allylic oxidation sites excluding steroid dienone is 4. The minimum Gasteiger partial charge on any atom is -0.209 e. The lowest BCUT2D eigenvalue weighted by Gasteiger charge is -2.37. The van der Waals surface area contributed by atoms with Crippen LogP contribution < -0.4 is 0 Å². The average molecular weight is 469 g/mol. The second kappa shape index (κ2) is 11.3. The molecular formula is C29H44F4. The Kier molecular flexibility index (Phi) is 8.66. The van der Waals surface area contributed by atoms with Crippen molar-refractivity contribution in [1.82, 2.24) is 0 Å². The molecule has 33 heavy (non-hydrogen) atoms. The molecule has 0 bridgehead atoms. The van der Waals surface area contributed by atoms with Gasteiger partial charge in [-0.25, -0.2) is 17.6 Å². The first-order chi connectivity index (χ1) is 15.9. The maximum Gasteiger partial charge on any atom is 0.135 e. The summed E-state index contributed by atoms with van der Waals surface area (Å²) in [6.07, 6.45) is 13.7. The summed E-state index contributed by atoms with van der Waals surface area (Å²) in [5.41, 5.74) is 0. The van der Waals surface area contributed by atoms with Gasteiger partial charge in [-0.2, -0.15) is 0 Å². The Balaban J connectivity index is 1.24. The Labute approximate surface area is 198 Å². The molecule has 0 amide bonds. The molecular weight excluding hydrogens is 424 g/mol. The normalized spacial score (nSPS) is 40.9. The third kappa shape index (κ3) is 5.72. The standard InChI is InChI=1S/C29H44F4/c1-3-20-14-16-24(28(32)26(20)30)22-11-6-19(7-12-22)8-13-23-15-17-25(29(33)27(23)31)21-9-4-18(2)5-10-21/h18-25H,3-17H2,1-2H3/t18?,19?,20-,21?,22?,23-,24?,25-/m0/s1. The maximum absolute atomic E-state index is 15.0. The van der Waals surface area contributed by atoms with Gasteiger partial charge in [0.05, 0.1) is 0 Å². The van der Waals surface area contributed by atoms with E-state index in [1.165, 1.54) is 0 Å². The molecule has 0 saturated heterocycles. The molecule has 4 atom stereocenters. The van der Waals surface area contributed by atoms with E-state index in [2.05, 4.69) is 6.92 Å². The van der Waals surface area contributed by atoms with Gasteiger partial charge >= 0.3 is 0 Å². The van der Waals surface area contributed by atoms with E-state index in [0.29, 0.717) is 18.3 Å². The topological polar surface area (TPSA) is 0 Å². The quantitative estimate of drug-likeness (QED) is 0.340. The summed E-state index contributed by atoms with van der Waals surface area (Å²) in [5, 5.41) is 0. The van der Waals surface area contributed by atoms with Crippen LogP contribution in [0, 0.1) is 47.3 Å². The van der Waals surface area contributed by atoms with Crippen molar-refractivity contribution in [2.45, 2.75) is 110 Å². The van der Waals surface area contributed by atoms with Gasteiger partial charge < -0.3 is 0 Å². The van der Waals surface area contributed by atoms with E-state index in [1.807, 2.05) is 6.92 Å². The lowest BCUT2D eigenvalue weighted by atomic mass is 9.69. The van der Waals surface area contributed by atoms with E-state index in [4.69, 9.17) is 0 Å². The van der Waals surface area contributed by atoms with E-state index in [1.54, 1.807) is 0 Å². The fourth-order valence-electron chi connectivity index (χ4n) is 7.56. The Hall–Kier alpha value is -0.800. The predicted octanol–water partition coefficient (Wildman–Crippen LogP) is 10.2. The van der Waals surface area contributed by atoms with Crippen LogP contribution in [-0.2, 0) is 0 Å². The van der Waals surface area contributed by atoms with Crippen molar-refractivity contribution in [3.8, 4) is 0 Å². The molecule has 0 spiro atoms. The molecule has 0 aromatic rings. The Morgan fingerprint density at radius 3 is 1.58 bits per heavy atom. The molecule has 1 unspecified atom stereocenters. The first-order valence-electron chi connectivity index (χ1n) is 14.0. The number of hydrogen-bond acceptors (Lipinski definition) is 0. The Bertz CT molecular complexity index is 709. The highest BCUT2D eigenvalue weighted by molar-refractivity contribution is 5.14. The third-order valence-electron chi connectivity index (χ3n) is 9.98. The predicted molar refractivity (Wildman–Crippen MR) is 127 cm³/mol. The van der Waals surface area contributed by atoms with Gasteiger partial charge in [-0.05, 0) is 94.3 Å². The van der Waals surface area contributed by atoms with Crippen LogP contribution in [0.4, 0.5) is 17.6 Å². The fourth-order valence-corrected chi connectivity index (χ4v) is 7.56. The van der Waals surface area contributed by atoms with Gasteiger partial charge in [-0.15, -0.1) is 0 Å². The molecule has 4 rings (SSSR count). The van der Waals surface area contributed by atoms with Crippen molar-refractivity contribution in [2.24, 2.45) is 47.3 Å². The molecule has 0 aromatic carbocycles. The van der Waals surface area contributed by atoms with Crippen LogP contribution in [0.2, 0.25) is 0 Å². The van der Waals surface area contributed by atoms with Crippen LogP contribution in [0.1, 0.15) is 110 Å². The van der Waals surface area contributed by atoms with Crippen LogP contribution in [0.5, 0.6) is 0 Å². The molecule has 2 saturated carbocycles. The monoisotopic (exact) mass is 468 g/mol. The first-order valence-corrected chi connectivity index (χ1v) is 14.0.